The summed E-state index contributed by atoms with van der Waals surface area (Å²) in [5.74, 6) is 1.11. The molecule has 2 heterocycles. The number of carbonyl (C=O) groups excluding carboxylic acids is 2. The molecule has 0 bridgehead atoms. The van der Waals surface area contributed by atoms with E-state index in [9.17, 15) is 9.59 Å². The van der Waals surface area contributed by atoms with Crippen LogP contribution in [-0.2, 0) is 11.2 Å². The van der Waals surface area contributed by atoms with Crippen LogP contribution < -0.4 is 4.74 Å². The molecular formula is C26H30N2O4. The molecule has 6 heteroatoms. The maximum absolute atomic E-state index is 13.3. The second kappa shape index (κ2) is 8.94. The van der Waals surface area contributed by atoms with Crippen LogP contribution >= 0.6 is 0 Å². The molecule has 5 rings (SSSR count). The van der Waals surface area contributed by atoms with Gasteiger partial charge in [-0.05, 0) is 73.7 Å². The number of likely N-dealkylation sites (tertiary alicyclic amines) is 1. The fourth-order valence-corrected chi connectivity index (χ4v) is 5.43. The molecule has 1 amide bonds. The maximum atomic E-state index is 13.3. The van der Waals surface area contributed by atoms with Crippen molar-refractivity contribution in [2.24, 2.45) is 0 Å². The lowest BCUT2D eigenvalue weighted by molar-refractivity contribution is 0.0599. The molecule has 0 spiro atoms. The second-order valence-electron chi connectivity index (χ2n) is 9.06. The molecule has 2 fully saturated rings. The van der Waals surface area contributed by atoms with Gasteiger partial charge < -0.3 is 14.4 Å². The quantitative estimate of drug-likeness (QED) is 0.658. The molecule has 2 aromatic carbocycles. The number of nitrogens with zero attached hydrogens (tertiary/aromatic N) is 2. The average molecular weight is 435 g/mol. The summed E-state index contributed by atoms with van der Waals surface area (Å²) in [5, 5.41) is 0. The monoisotopic (exact) mass is 434 g/mol. The first-order valence-electron chi connectivity index (χ1n) is 11.7. The van der Waals surface area contributed by atoms with E-state index < -0.39 is 0 Å². The van der Waals surface area contributed by atoms with Gasteiger partial charge in [0, 0.05) is 37.3 Å². The van der Waals surface area contributed by atoms with Gasteiger partial charge >= 0.3 is 5.97 Å². The number of carbonyl (C=O) groups is 2. The molecule has 1 aliphatic carbocycles. The van der Waals surface area contributed by atoms with Gasteiger partial charge in [-0.2, -0.15) is 0 Å². The molecule has 1 saturated carbocycles. The number of hydrogen-bond acceptors (Lipinski definition) is 5. The molecule has 1 atom stereocenters. The summed E-state index contributed by atoms with van der Waals surface area (Å²) in [6.45, 7) is 2.91. The largest absolute Gasteiger partial charge is 0.465 e. The minimum Gasteiger partial charge on any atom is -0.465 e. The Morgan fingerprint density at radius 2 is 1.69 bits per heavy atom. The zero-order valence-corrected chi connectivity index (χ0v) is 18.6. The number of amides is 1. The number of ether oxygens (including phenoxy) is 2. The van der Waals surface area contributed by atoms with Crippen molar-refractivity contribution < 1.29 is 19.1 Å². The van der Waals surface area contributed by atoms with Crippen LogP contribution in [0.25, 0.3) is 0 Å². The minimum atomic E-state index is -0.373. The first-order valence-corrected chi connectivity index (χ1v) is 11.7. The fraction of sp³-hybridized carbons (Fsp3) is 0.462. The molecule has 6 nitrogen and oxygen atoms in total. The van der Waals surface area contributed by atoms with Gasteiger partial charge in [0.15, 0.2) is 0 Å². The SMILES string of the molecule is COC(=O)c1ccc(Oc2ccc3c(c2)CCN(C2CCN(C4CCCC4)C2)C3=O)cc1. The Kier molecular flexibility index (Phi) is 5.87. The summed E-state index contributed by atoms with van der Waals surface area (Å²) < 4.78 is 10.7. The number of benzene rings is 2. The van der Waals surface area contributed by atoms with Crippen LogP contribution in [0.5, 0.6) is 11.5 Å². The predicted molar refractivity (Wildman–Crippen MR) is 121 cm³/mol. The van der Waals surface area contributed by atoms with Gasteiger partial charge in [0.25, 0.3) is 5.91 Å². The Hall–Kier alpha value is -2.86. The molecule has 2 aliphatic heterocycles. The van der Waals surface area contributed by atoms with E-state index in [1.807, 2.05) is 18.2 Å². The van der Waals surface area contributed by atoms with Crippen LogP contribution in [0, 0.1) is 0 Å². The third-order valence-electron chi connectivity index (χ3n) is 7.18. The molecule has 1 saturated heterocycles. The van der Waals surface area contributed by atoms with Crippen LogP contribution in [-0.4, -0.2) is 60.5 Å². The van der Waals surface area contributed by atoms with Gasteiger partial charge in [-0.25, -0.2) is 4.79 Å². The van der Waals surface area contributed by atoms with Crippen LogP contribution in [0.4, 0.5) is 0 Å². The van der Waals surface area contributed by atoms with E-state index in [1.54, 1.807) is 24.3 Å². The molecule has 0 aromatic heterocycles. The Labute approximate surface area is 189 Å². The van der Waals surface area contributed by atoms with Gasteiger partial charge in [-0.1, -0.05) is 12.8 Å². The molecule has 2 aromatic rings. The standard InChI is InChI=1S/C26H30N2O4/c1-31-26(30)18-6-8-22(9-7-18)32-23-10-11-24-19(16-23)12-15-28(25(24)29)21-13-14-27(17-21)20-4-2-3-5-20/h6-11,16,20-21H,2-5,12-15,17H2,1H3. The Morgan fingerprint density at radius 1 is 0.938 bits per heavy atom. The van der Waals surface area contributed by atoms with E-state index in [0.29, 0.717) is 23.1 Å². The van der Waals surface area contributed by atoms with Gasteiger partial charge in [0.05, 0.1) is 12.7 Å². The topological polar surface area (TPSA) is 59.1 Å². The van der Waals surface area contributed by atoms with Crippen molar-refractivity contribution in [2.45, 2.75) is 50.6 Å². The highest BCUT2D eigenvalue weighted by atomic mass is 16.5. The molecule has 1 unspecified atom stereocenters. The van der Waals surface area contributed by atoms with Crippen molar-refractivity contribution >= 4 is 11.9 Å². The van der Waals surface area contributed by atoms with Crippen LogP contribution in [0.3, 0.4) is 0 Å². The lowest BCUT2D eigenvalue weighted by Crippen LogP contribution is -2.46. The minimum absolute atomic E-state index is 0.151. The Bertz CT molecular complexity index is 997. The zero-order chi connectivity index (χ0) is 22.1. The highest BCUT2D eigenvalue weighted by molar-refractivity contribution is 5.97. The highest BCUT2D eigenvalue weighted by Crippen LogP contribution is 2.32. The summed E-state index contributed by atoms with van der Waals surface area (Å²) in [7, 11) is 1.36. The lowest BCUT2D eigenvalue weighted by atomic mass is 9.97. The zero-order valence-electron chi connectivity index (χ0n) is 18.6. The third kappa shape index (κ3) is 4.11. The van der Waals surface area contributed by atoms with Gasteiger partial charge in [-0.15, -0.1) is 0 Å². The number of esters is 1. The summed E-state index contributed by atoms with van der Waals surface area (Å²) in [6.07, 6.45) is 7.26. The smallest absolute Gasteiger partial charge is 0.337 e. The fourth-order valence-electron chi connectivity index (χ4n) is 5.43. The van der Waals surface area contributed by atoms with Crippen molar-refractivity contribution in [2.75, 3.05) is 26.7 Å². The van der Waals surface area contributed by atoms with Crippen molar-refractivity contribution in [3.05, 3.63) is 59.2 Å². The van der Waals surface area contributed by atoms with Crippen LogP contribution in [0.2, 0.25) is 0 Å². The van der Waals surface area contributed by atoms with E-state index >= 15 is 0 Å². The molecule has 32 heavy (non-hydrogen) atoms. The molecule has 0 radical (unpaired) electrons. The van der Waals surface area contributed by atoms with E-state index in [0.717, 1.165) is 49.6 Å². The van der Waals surface area contributed by atoms with Crippen molar-refractivity contribution in [1.29, 1.82) is 0 Å². The number of hydrogen-bond donors (Lipinski definition) is 0. The first-order chi connectivity index (χ1) is 15.6. The normalized spacial score (nSPS) is 21.6. The van der Waals surface area contributed by atoms with Crippen molar-refractivity contribution in [3.8, 4) is 11.5 Å². The molecule has 0 N–H and O–H groups in total. The second-order valence-corrected chi connectivity index (χ2v) is 9.06. The summed E-state index contributed by atoms with van der Waals surface area (Å²) in [4.78, 5) is 29.5. The van der Waals surface area contributed by atoms with Gasteiger partial charge in [0.2, 0.25) is 0 Å². The lowest BCUT2D eigenvalue weighted by Gasteiger charge is -2.34. The van der Waals surface area contributed by atoms with Crippen LogP contribution in [0.1, 0.15) is 58.4 Å². The van der Waals surface area contributed by atoms with Crippen LogP contribution in [0.15, 0.2) is 42.5 Å². The molecule has 168 valence electrons. The van der Waals surface area contributed by atoms with E-state index in [2.05, 4.69) is 9.80 Å². The van der Waals surface area contributed by atoms with Crippen molar-refractivity contribution in [1.82, 2.24) is 9.80 Å². The van der Waals surface area contributed by atoms with E-state index in [1.165, 1.54) is 32.8 Å². The maximum Gasteiger partial charge on any atom is 0.337 e. The first kappa shape index (κ1) is 21.0. The number of rotatable bonds is 5. The Morgan fingerprint density at radius 3 is 2.44 bits per heavy atom. The van der Waals surface area contributed by atoms with E-state index in [-0.39, 0.29) is 11.9 Å². The third-order valence-corrected chi connectivity index (χ3v) is 7.18. The average Bonchev–Trinajstić information content (AvgIpc) is 3.51. The summed E-state index contributed by atoms with van der Waals surface area (Å²) in [6, 6.07) is 13.6. The van der Waals surface area contributed by atoms with Gasteiger partial charge in [-0.3, -0.25) is 9.69 Å². The summed E-state index contributed by atoms with van der Waals surface area (Å²) in [5.41, 5.74) is 2.32. The predicted octanol–water partition coefficient (Wildman–Crippen LogP) is 4.28. The van der Waals surface area contributed by atoms with Gasteiger partial charge in [0.1, 0.15) is 11.5 Å². The Balaban J connectivity index is 1.24. The number of methoxy groups -OCH3 is 1. The van der Waals surface area contributed by atoms with E-state index in [4.69, 9.17) is 9.47 Å². The molecule has 3 aliphatic rings. The highest BCUT2D eigenvalue weighted by Gasteiger charge is 2.36. The van der Waals surface area contributed by atoms with Crippen molar-refractivity contribution in [3.63, 3.8) is 0 Å². The summed E-state index contributed by atoms with van der Waals surface area (Å²) >= 11 is 0. The molecular weight excluding hydrogens is 404 g/mol. The number of fused-ring (bicyclic) bond motifs is 1.